The van der Waals surface area contributed by atoms with Gasteiger partial charge in [-0.05, 0) is 31.5 Å². The molecular weight excluding hydrogens is 280 g/mol. The number of thiocarbonyl (C=S) groups is 1. The van der Waals surface area contributed by atoms with Crippen LogP contribution in [0.3, 0.4) is 0 Å². The van der Waals surface area contributed by atoms with E-state index in [1.807, 2.05) is 39.1 Å². The Morgan fingerprint density at radius 1 is 1.42 bits per heavy atom. The van der Waals surface area contributed by atoms with E-state index in [1.165, 1.54) is 0 Å². The largest absolute Gasteiger partial charge is 0.389 e. The normalized spacial score (nSPS) is 10.5. The van der Waals surface area contributed by atoms with Crippen molar-refractivity contribution >= 4 is 40.3 Å². The zero-order valence-electron chi connectivity index (χ0n) is 11.0. The fourth-order valence-corrected chi connectivity index (χ4v) is 2.47. The van der Waals surface area contributed by atoms with E-state index in [2.05, 4.69) is 10.4 Å². The summed E-state index contributed by atoms with van der Waals surface area (Å²) in [4.78, 5) is 0.316. The van der Waals surface area contributed by atoms with Crippen molar-refractivity contribution in [3.8, 4) is 0 Å². The number of aromatic nitrogens is 2. The van der Waals surface area contributed by atoms with Crippen LogP contribution in [0.4, 0.5) is 11.5 Å². The number of aryl methyl sites for hydroxylation is 3. The summed E-state index contributed by atoms with van der Waals surface area (Å²) in [5, 5.41) is 8.20. The van der Waals surface area contributed by atoms with Crippen LogP contribution in [0.25, 0.3) is 0 Å². The lowest BCUT2D eigenvalue weighted by Crippen LogP contribution is -2.13. The number of nitrogens with two attached hydrogens (primary N) is 1. The second-order valence-electron chi connectivity index (χ2n) is 4.41. The minimum absolute atomic E-state index is 0.316. The van der Waals surface area contributed by atoms with Gasteiger partial charge in [0, 0.05) is 7.05 Å². The number of nitrogens with one attached hydrogen (secondary N) is 1. The van der Waals surface area contributed by atoms with Crippen LogP contribution in [-0.4, -0.2) is 14.8 Å². The fourth-order valence-electron chi connectivity index (χ4n) is 1.95. The molecule has 0 radical (unpaired) electrons. The van der Waals surface area contributed by atoms with Crippen LogP contribution in [0, 0.1) is 13.8 Å². The minimum atomic E-state index is 0.316. The molecule has 19 heavy (non-hydrogen) atoms. The van der Waals surface area contributed by atoms with Crippen LogP contribution in [0.1, 0.15) is 16.8 Å². The predicted molar refractivity (Wildman–Crippen MR) is 83.3 cm³/mol. The smallest absolute Gasteiger partial charge is 0.138 e. The van der Waals surface area contributed by atoms with Gasteiger partial charge in [0.25, 0.3) is 0 Å². The van der Waals surface area contributed by atoms with E-state index in [-0.39, 0.29) is 0 Å². The summed E-state index contributed by atoms with van der Waals surface area (Å²) < 4.78 is 1.71. The number of nitrogens with zero attached hydrogens (tertiary/aromatic N) is 2. The lowest BCUT2D eigenvalue weighted by Gasteiger charge is -2.11. The summed E-state index contributed by atoms with van der Waals surface area (Å²) in [5.41, 5.74) is 9.19. The molecule has 0 aliphatic carbocycles. The zero-order chi connectivity index (χ0) is 14.2. The molecule has 3 N–H and O–H groups in total. The van der Waals surface area contributed by atoms with Crippen molar-refractivity contribution in [2.24, 2.45) is 12.8 Å². The molecule has 0 amide bonds. The van der Waals surface area contributed by atoms with Gasteiger partial charge in [0.2, 0.25) is 0 Å². The van der Waals surface area contributed by atoms with Gasteiger partial charge < -0.3 is 11.1 Å². The summed E-state index contributed by atoms with van der Waals surface area (Å²) in [7, 11) is 1.83. The van der Waals surface area contributed by atoms with Gasteiger partial charge in [-0.3, -0.25) is 4.68 Å². The second kappa shape index (κ2) is 5.19. The molecule has 0 unspecified atom stereocenters. The number of benzene rings is 1. The number of anilines is 2. The number of rotatable bonds is 3. The van der Waals surface area contributed by atoms with Crippen molar-refractivity contribution < 1.29 is 0 Å². The van der Waals surface area contributed by atoms with E-state index in [9.17, 15) is 0 Å². The van der Waals surface area contributed by atoms with Gasteiger partial charge in [-0.1, -0.05) is 29.9 Å². The average molecular weight is 295 g/mol. The minimum Gasteiger partial charge on any atom is -0.389 e. The number of hydrogen-bond acceptors (Lipinski definition) is 3. The van der Waals surface area contributed by atoms with Crippen molar-refractivity contribution in [2.75, 3.05) is 5.32 Å². The molecule has 4 nitrogen and oxygen atoms in total. The predicted octanol–water partition coefficient (Wildman–Crippen LogP) is 3.07. The molecule has 0 bridgehead atoms. The van der Waals surface area contributed by atoms with Gasteiger partial charge in [0.05, 0.1) is 22.0 Å². The Kier molecular flexibility index (Phi) is 3.78. The van der Waals surface area contributed by atoms with Gasteiger partial charge in [0.15, 0.2) is 0 Å². The highest BCUT2D eigenvalue weighted by Crippen LogP contribution is 2.28. The van der Waals surface area contributed by atoms with E-state index < -0.39 is 0 Å². The Balaban J connectivity index is 2.46. The van der Waals surface area contributed by atoms with Crippen molar-refractivity contribution in [1.29, 1.82) is 0 Å². The van der Waals surface area contributed by atoms with E-state index in [0.717, 1.165) is 28.3 Å². The molecule has 0 fully saturated rings. The van der Waals surface area contributed by atoms with Crippen LogP contribution < -0.4 is 11.1 Å². The Morgan fingerprint density at radius 3 is 2.68 bits per heavy atom. The first-order valence-electron chi connectivity index (χ1n) is 5.76. The molecule has 2 rings (SSSR count). The van der Waals surface area contributed by atoms with Gasteiger partial charge >= 0.3 is 0 Å². The third-order valence-electron chi connectivity index (χ3n) is 2.85. The van der Waals surface area contributed by atoms with Gasteiger partial charge in [-0.2, -0.15) is 5.10 Å². The molecule has 6 heteroatoms. The van der Waals surface area contributed by atoms with Crippen molar-refractivity contribution in [2.45, 2.75) is 13.8 Å². The lowest BCUT2D eigenvalue weighted by molar-refractivity contribution is 0.765. The van der Waals surface area contributed by atoms with E-state index in [1.54, 1.807) is 4.68 Å². The Morgan fingerprint density at radius 2 is 2.11 bits per heavy atom. The Hall–Kier alpha value is -1.59. The van der Waals surface area contributed by atoms with Gasteiger partial charge in [-0.25, -0.2) is 0 Å². The van der Waals surface area contributed by atoms with Gasteiger partial charge in [-0.15, -0.1) is 0 Å². The van der Waals surface area contributed by atoms with Crippen molar-refractivity contribution in [1.82, 2.24) is 9.78 Å². The Labute approximate surface area is 122 Å². The van der Waals surface area contributed by atoms with Crippen LogP contribution >= 0.6 is 23.8 Å². The maximum atomic E-state index is 6.21. The molecular formula is C13H15ClN4S. The average Bonchev–Trinajstić information content (AvgIpc) is 2.57. The maximum absolute atomic E-state index is 6.21. The molecule has 0 saturated heterocycles. The topological polar surface area (TPSA) is 55.9 Å². The third kappa shape index (κ3) is 2.72. The molecule has 0 aliphatic rings. The number of halogens is 1. The second-order valence-corrected chi connectivity index (χ2v) is 5.25. The van der Waals surface area contributed by atoms with Crippen LogP contribution in [-0.2, 0) is 7.05 Å². The monoisotopic (exact) mass is 294 g/mol. The third-order valence-corrected chi connectivity index (χ3v) is 3.36. The van der Waals surface area contributed by atoms with Crippen LogP contribution in [0.15, 0.2) is 18.2 Å². The van der Waals surface area contributed by atoms with E-state index in [4.69, 9.17) is 29.6 Å². The fraction of sp³-hybridized carbons (Fsp3) is 0.231. The molecule has 1 heterocycles. The standard InChI is InChI=1S/C13H15ClN4S/c1-7-4-5-10(9(14)6-7)16-13-11(12(15)19)8(2)17-18(13)3/h4-6,16H,1-3H3,(H2,15,19). The zero-order valence-corrected chi connectivity index (χ0v) is 12.6. The lowest BCUT2D eigenvalue weighted by atomic mass is 10.2. The van der Waals surface area contributed by atoms with Crippen LogP contribution in [0.5, 0.6) is 0 Å². The summed E-state index contributed by atoms with van der Waals surface area (Å²) in [6.45, 7) is 3.86. The Bertz CT molecular complexity index is 648. The highest BCUT2D eigenvalue weighted by atomic mass is 35.5. The molecule has 0 atom stereocenters. The highest BCUT2D eigenvalue weighted by Gasteiger charge is 2.16. The summed E-state index contributed by atoms with van der Waals surface area (Å²) in [6.07, 6.45) is 0. The SMILES string of the molecule is Cc1ccc(Nc2c(C(N)=S)c(C)nn2C)c(Cl)c1. The molecule has 0 saturated carbocycles. The first kappa shape index (κ1) is 13.8. The van der Waals surface area contributed by atoms with E-state index >= 15 is 0 Å². The van der Waals surface area contributed by atoms with E-state index in [0.29, 0.717) is 10.0 Å². The maximum Gasteiger partial charge on any atom is 0.138 e. The molecule has 0 aliphatic heterocycles. The quantitative estimate of drug-likeness (QED) is 0.854. The molecule has 1 aromatic heterocycles. The van der Waals surface area contributed by atoms with Crippen LogP contribution in [0.2, 0.25) is 5.02 Å². The first-order valence-corrected chi connectivity index (χ1v) is 6.55. The van der Waals surface area contributed by atoms with Crippen molar-refractivity contribution in [3.05, 3.63) is 40.0 Å². The summed E-state index contributed by atoms with van der Waals surface area (Å²) >= 11 is 11.3. The highest BCUT2D eigenvalue weighted by molar-refractivity contribution is 7.80. The van der Waals surface area contributed by atoms with Crippen molar-refractivity contribution in [3.63, 3.8) is 0 Å². The summed E-state index contributed by atoms with van der Waals surface area (Å²) in [5.74, 6) is 0.746. The summed E-state index contributed by atoms with van der Waals surface area (Å²) in [6, 6.07) is 5.80. The van der Waals surface area contributed by atoms with Gasteiger partial charge in [0.1, 0.15) is 10.8 Å². The molecule has 1 aromatic carbocycles. The molecule has 0 spiro atoms. The molecule has 100 valence electrons. The molecule has 2 aromatic rings. The number of hydrogen-bond donors (Lipinski definition) is 2. The first-order chi connectivity index (χ1) is 8.90.